The fraction of sp³-hybridized carbons (Fsp3) is 0.294. The Balaban J connectivity index is 1.60. The number of para-hydroxylation sites is 1. The van der Waals surface area contributed by atoms with Crippen LogP contribution in [0.5, 0.6) is 0 Å². The standard InChI is InChI=1S/C17H16N4O3/c1-11-18-15(24-20-11)10-23-17(22)16-13-8-5-9-14(13)21(19-16)12-6-3-2-4-7-12/h2-4,6-7H,5,8-10H2,1H3. The van der Waals surface area contributed by atoms with Gasteiger partial charge in [0, 0.05) is 11.3 Å². The molecule has 1 aliphatic rings. The first-order valence-electron chi connectivity index (χ1n) is 7.85. The van der Waals surface area contributed by atoms with Crippen LogP contribution in [0.1, 0.15) is 39.9 Å². The highest BCUT2D eigenvalue weighted by Crippen LogP contribution is 2.28. The van der Waals surface area contributed by atoms with E-state index in [9.17, 15) is 4.79 Å². The minimum atomic E-state index is -0.460. The molecule has 24 heavy (non-hydrogen) atoms. The molecule has 1 aliphatic carbocycles. The third-order valence-corrected chi connectivity index (χ3v) is 4.02. The second-order valence-corrected chi connectivity index (χ2v) is 5.69. The Labute approximate surface area is 138 Å². The van der Waals surface area contributed by atoms with Crippen molar-refractivity contribution in [3.63, 3.8) is 0 Å². The van der Waals surface area contributed by atoms with Gasteiger partial charge in [-0.15, -0.1) is 0 Å². The van der Waals surface area contributed by atoms with Gasteiger partial charge in [0.25, 0.3) is 5.89 Å². The Morgan fingerprint density at radius 2 is 2.12 bits per heavy atom. The van der Waals surface area contributed by atoms with Crippen molar-refractivity contribution in [1.29, 1.82) is 0 Å². The van der Waals surface area contributed by atoms with E-state index in [4.69, 9.17) is 9.26 Å². The topological polar surface area (TPSA) is 83.0 Å². The minimum absolute atomic E-state index is 0.0490. The van der Waals surface area contributed by atoms with Crippen LogP contribution >= 0.6 is 0 Å². The number of hydrogen-bond acceptors (Lipinski definition) is 6. The van der Waals surface area contributed by atoms with E-state index in [2.05, 4.69) is 15.2 Å². The predicted octanol–water partition coefficient (Wildman–Crippen LogP) is 2.41. The average molecular weight is 324 g/mol. The Kier molecular flexibility index (Phi) is 3.60. The molecule has 7 heteroatoms. The van der Waals surface area contributed by atoms with Gasteiger partial charge in [0.1, 0.15) is 0 Å². The Hall–Kier alpha value is -2.96. The number of fused-ring (bicyclic) bond motifs is 1. The molecule has 0 fully saturated rings. The minimum Gasteiger partial charge on any atom is -0.451 e. The first-order valence-corrected chi connectivity index (χ1v) is 7.85. The van der Waals surface area contributed by atoms with E-state index < -0.39 is 5.97 Å². The first kappa shape index (κ1) is 14.6. The van der Waals surface area contributed by atoms with Crippen molar-refractivity contribution in [2.24, 2.45) is 0 Å². The molecule has 2 aromatic heterocycles. The number of benzene rings is 1. The molecule has 2 heterocycles. The predicted molar refractivity (Wildman–Crippen MR) is 83.7 cm³/mol. The lowest BCUT2D eigenvalue weighted by Gasteiger charge is -2.04. The maximum Gasteiger partial charge on any atom is 0.359 e. The van der Waals surface area contributed by atoms with Gasteiger partial charge in [-0.25, -0.2) is 9.48 Å². The number of carbonyl (C=O) groups is 1. The number of rotatable bonds is 4. The zero-order valence-electron chi connectivity index (χ0n) is 13.2. The van der Waals surface area contributed by atoms with Gasteiger partial charge in [-0.2, -0.15) is 10.1 Å². The monoisotopic (exact) mass is 324 g/mol. The fourth-order valence-electron chi connectivity index (χ4n) is 2.98. The zero-order valence-corrected chi connectivity index (χ0v) is 13.2. The van der Waals surface area contributed by atoms with Gasteiger partial charge in [-0.05, 0) is 38.3 Å². The molecule has 0 unspecified atom stereocenters. The van der Waals surface area contributed by atoms with E-state index in [0.717, 1.165) is 36.2 Å². The summed E-state index contributed by atoms with van der Waals surface area (Å²) >= 11 is 0. The molecule has 0 saturated carbocycles. The highest BCUT2D eigenvalue weighted by molar-refractivity contribution is 5.89. The zero-order chi connectivity index (χ0) is 16.5. The Bertz CT molecular complexity index is 883. The van der Waals surface area contributed by atoms with Gasteiger partial charge in [0.05, 0.1) is 5.69 Å². The summed E-state index contributed by atoms with van der Waals surface area (Å²) in [7, 11) is 0. The van der Waals surface area contributed by atoms with Crippen LogP contribution in [0.3, 0.4) is 0 Å². The van der Waals surface area contributed by atoms with Crippen LogP contribution in [0.15, 0.2) is 34.9 Å². The molecule has 0 spiro atoms. The summed E-state index contributed by atoms with van der Waals surface area (Å²) in [6.45, 7) is 1.66. The average Bonchev–Trinajstić information content (AvgIpc) is 3.29. The van der Waals surface area contributed by atoms with Gasteiger partial charge in [-0.3, -0.25) is 0 Å². The van der Waals surface area contributed by atoms with Gasteiger partial charge < -0.3 is 9.26 Å². The Morgan fingerprint density at radius 3 is 2.88 bits per heavy atom. The molecular formula is C17H16N4O3. The van der Waals surface area contributed by atoms with E-state index in [1.807, 2.05) is 35.0 Å². The summed E-state index contributed by atoms with van der Waals surface area (Å²) in [6, 6.07) is 9.81. The molecule has 1 aromatic carbocycles. The second kappa shape index (κ2) is 5.92. The van der Waals surface area contributed by atoms with Crippen LogP contribution in [0, 0.1) is 6.92 Å². The summed E-state index contributed by atoms with van der Waals surface area (Å²) in [5.74, 6) is 0.328. The summed E-state index contributed by atoms with van der Waals surface area (Å²) < 4.78 is 12.1. The molecule has 4 rings (SSSR count). The highest BCUT2D eigenvalue weighted by Gasteiger charge is 2.28. The summed E-state index contributed by atoms with van der Waals surface area (Å²) in [5, 5.41) is 8.17. The smallest absolute Gasteiger partial charge is 0.359 e. The van der Waals surface area contributed by atoms with Crippen molar-refractivity contribution < 1.29 is 14.1 Å². The molecule has 0 saturated heterocycles. The van der Waals surface area contributed by atoms with Gasteiger partial charge in [0.15, 0.2) is 18.1 Å². The molecule has 3 aromatic rings. The molecule has 0 radical (unpaired) electrons. The maximum atomic E-state index is 12.4. The molecule has 7 nitrogen and oxygen atoms in total. The van der Waals surface area contributed by atoms with E-state index >= 15 is 0 Å². The lowest BCUT2D eigenvalue weighted by molar-refractivity contribution is 0.0421. The van der Waals surface area contributed by atoms with Crippen molar-refractivity contribution in [1.82, 2.24) is 19.9 Å². The molecule has 0 bridgehead atoms. The summed E-state index contributed by atoms with van der Waals surface area (Å²) in [4.78, 5) is 16.5. The van der Waals surface area contributed by atoms with E-state index in [-0.39, 0.29) is 12.5 Å². The van der Waals surface area contributed by atoms with Crippen LogP contribution in [-0.2, 0) is 24.2 Å². The van der Waals surface area contributed by atoms with Crippen molar-refractivity contribution >= 4 is 5.97 Å². The third-order valence-electron chi connectivity index (χ3n) is 4.02. The summed E-state index contributed by atoms with van der Waals surface area (Å²) in [6.07, 6.45) is 2.77. The largest absolute Gasteiger partial charge is 0.451 e. The molecule has 0 aliphatic heterocycles. The molecule has 122 valence electrons. The molecular weight excluding hydrogens is 308 g/mol. The van der Waals surface area contributed by atoms with E-state index in [1.54, 1.807) is 6.92 Å². The third kappa shape index (κ3) is 2.58. The lowest BCUT2D eigenvalue weighted by Crippen LogP contribution is -2.09. The van der Waals surface area contributed by atoms with Crippen molar-refractivity contribution in [3.8, 4) is 5.69 Å². The first-order chi connectivity index (χ1) is 11.7. The van der Waals surface area contributed by atoms with E-state index in [1.165, 1.54) is 0 Å². The highest BCUT2D eigenvalue weighted by atomic mass is 16.6. The maximum absolute atomic E-state index is 12.4. The molecule has 0 atom stereocenters. The quantitative estimate of drug-likeness (QED) is 0.685. The number of aryl methyl sites for hydroxylation is 1. The number of esters is 1. The van der Waals surface area contributed by atoms with Crippen LogP contribution in [-0.4, -0.2) is 25.9 Å². The Morgan fingerprint density at radius 1 is 1.29 bits per heavy atom. The normalized spacial score (nSPS) is 13.0. The van der Waals surface area contributed by atoms with Crippen LogP contribution in [0.25, 0.3) is 5.69 Å². The van der Waals surface area contributed by atoms with Crippen molar-refractivity contribution in [2.45, 2.75) is 32.8 Å². The van der Waals surface area contributed by atoms with Crippen LogP contribution in [0.4, 0.5) is 0 Å². The number of nitrogens with zero attached hydrogens (tertiary/aromatic N) is 4. The fourth-order valence-corrected chi connectivity index (χ4v) is 2.98. The number of aromatic nitrogens is 4. The SMILES string of the molecule is Cc1noc(COC(=O)c2nn(-c3ccccc3)c3c2CCC3)n1. The van der Waals surface area contributed by atoms with Gasteiger partial charge in [-0.1, -0.05) is 23.4 Å². The number of hydrogen-bond donors (Lipinski definition) is 0. The van der Waals surface area contributed by atoms with Crippen molar-refractivity contribution in [3.05, 3.63) is 59.0 Å². The number of carbonyl (C=O) groups excluding carboxylic acids is 1. The van der Waals surface area contributed by atoms with E-state index in [0.29, 0.717) is 11.5 Å². The second-order valence-electron chi connectivity index (χ2n) is 5.69. The van der Waals surface area contributed by atoms with Crippen molar-refractivity contribution in [2.75, 3.05) is 0 Å². The molecule has 0 amide bonds. The molecule has 0 N–H and O–H groups in total. The number of ether oxygens (including phenoxy) is 1. The lowest BCUT2D eigenvalue weighted by atomic mass is 10.2. The van der Waals surface area contributed by atoms with Crippen LogP contribution < -0.4 is 0 Å². The summed E-state index contributed by atoms with van der Waals surface area (Å²) in [5.41, 5.74) is 3.39. The van der Waals surface area contributed by atoms with Gasteiger partial charge in [0.2, 0.25) is 0 Å². The van der Waals surface area contributed by atoms with Crippen LogP contribution in [0.2, 0.25) is 0 Å². The van der Waals surface area contributed by atoms with Gasteiger partial charge >= 0.3 is 5.97 Å².